The highest BCUT2D eigenvalue weighted by atomic mass is 16.4. The third-order valence-electron chi connectivity index (χ3n) is 10.6. The molecule has 0 heterocycles. The minimum absolute atomic E-state index is 0.0272. The van der Waals surface area contributed by atoms with Gasteiger partial charge in [-0.1, -0.05) is 32.4 Å². The van der Waals surface area contributed by atoms with E-state index in [2.05, 4.69) is 37.2 Å². The number of hydrogen-bond acceptors (Lipinski definition) is 17. The van der Waals surface area contributed by atoms with Gasteiger partial charge in [-0.05, 0) is 62.8 Å². The van der Waals surface area contributed by atoms with Gasteiger partial charge in [-0.25, -0.2) is 4.79 Å². The highest BCUT2D eigenvalue weighted by Crippen LogP contribution is 2.14. The number of aliphatic hydroxyl groups is 3. The number of rotatable bonds is 33. The number of unbranched alkanes of at least 4 members (excludes halogenated alkanes) is 1. The van der Waals surface area contributed by atoms with Crippen LogP contribution in [-0.4, -0.2) is 171 Å². The molecular weight excluding hydrogens is 929 g/mol. The number of phenols is 1. The Morgan fingerprint density at radius 3 is 1.44 bits per heavy atom. The van der Waals surface area contributed by atoms with Crippen LogP contribution in [-0.2, 0) is 59.2 Å². The molecule has 70 heavy (non-hydrogen) atoms. The number of primary amides is 2. The summed E-state index contributed by atoms with van der Waals surface area (Å²) in [6.45, 7) is 1.58. The van der Waals surface area contributed by atoms with Crippen molar-refractivity contribution in [3.63, 3.8) is 0 Å². The Bertz CT molecular complexity index is 1970. The number of hydrogen-bond donors (Lipinski definition) is 17. The SMILES string of the molecule is CC[C@@H](C)[C@H](NC(=O)[C@H](CCCCN)NC(=O)[C@H](CC(N)=O)NC(=O)[C@H](C)N)C(=O)N[C@@H](CO)C(=O)N[C@@H](Cc1ccc(O)cc1)C(=O)N[C@@H](CCC(N)=O)C(=O)N[C@@H](CO)C(=O)N[C@@H](CO)C(=O)O. The molecule has 0 bridgehead atoms. The van der Waals surface area contributed by atoms with Gasteiger partial charge in [0.1, 0.15) is 54.1 Å². The maximum Gasteiger partial charge on any atom is 0.328 e. The number of aromatic hydroxyl groups is 1. The van der Waals surface area contributed by atoms with Gasteiger partial charge in [0.05, 0.1) is 32.3 Å². The lowest BCUT2D eigenvalue weighted by Gasteiger charge is -2.29. The Morgan fingerprint density at radius 2 is 0.971 bits per heavy atom. The van der Waals surface area contributed by atoms with Crippen LogP contribution in [0.2, 0.25) is 0 Å². The highest BCUT2D eigenvalue weighted by Gasteiger charge is 2.36. The predicted octanol–water partition coefficient (Wildman–Crippen LogP) is -7.46. The summed E-state index contributed by atoms with van der Waals surface area (Å²) in [6, 6.07) is -8.97. The Morgan fingerprint density at radius 1 is 0.543 bits per heavy atom. The quantitative estimate of drug-likeness (QED) is 0.0291. The largest absolute Gasteiger partial charge is 0.508 e. The van der Waals surface area contributed by atoms with Gasteiger partial charge in [0.2, 0.25) is 59.1 Å². The first-order valence-corrected chi connectivity index (χ1v) is 22.2. The number of aliphatic carboxylic acids is 1. The van der Waals surface area contributed by atoms with Crippen molar-refractivity contribution in [1.82, 2.24) is 42.5 Å². The second-order valence-electron chi connectivity index (χ2n) is 16.3. The number of aliphatic hydroxyl groups excluding tert-OH is 3. The van der Waals surface area contributed by atoms with E-state index in [1.165, 1.54) is 31.2 Å². The molecule has 392 valence electrons. The van der Waals surface area contributed by atoms with Gasteiger partial charge >= 0.3 is 5.97 Å². The molecule has 0 aliphatic carbocycles. The smallest absolute Gasteiger partial charge is 0.328 e. The van der Waals surface area contributed by atoms with Crippen LogP contribution < -0.4 is 65.5 Å². The highest BCUT2D eigenvalue weighted by molar-refractivity contribution is 5.99. The van der Waals surface area contributed by atoms with E-state index < -0.39 is 164 Å². The van der Waals surface area contributed by atoms with Crippen molar-refractivity contribution in [3.8, 4) is 5.75 Å². The van der Waals surface area contributed by atoms with Crippen molar-refractivity contribution in [3.05, 3.63) is 29.8 Å². The number of carboxylic acids is 1. The molecule has 0 aromatic heterocycles. The molecule has 0 fully saturated rings. The number of carboxylic acid groups (broad SMARTS) is 1. The molecule has 10 amide bonds. The number of amides is 10. The van der Waals surface area contributed by atoms with E-state index in [4.69, 9.17) is 22.9 Å². The van der Waals surface area contributed by atoms with E-state index in [9.17, 15) is 78.3 Å². The van der Waals surface area contributed by atoms with Crippen LogP contribution in [0.1, 0.15) is 71.3 Å². The Labute approximate surface area is 402 Å². The average Bonchev–Trinajstić information content (AvgIpc) is 3.30. The van der Waals surface area contributed by atoms with Crippen LogP contribution in [0.4, 0.5) is 0 Å². The summed E-state index contributed by atoms with van der Waals surface area (Å²) in [5.41, 5.74) is 22.1. The number of carbonyl (C=O) groups excluding carboxylic acids is 10. The van der Waals surface area contributed by atoms with Gasteiger partial charge in [-0.15, -0.1) is 0 Å². The minimum Gasteiger partial charge on any atom is -0.508 e. The fourth-order valence-electron chi connectivity index (χ4n) is 6.26. The molecule has 1 aromatic carbocycles. The number of benzene rings is 1. The van der Waals surface area contributed by atoms with E-state index >= 15 is 0 Å². The van der Waals surface area contributed by atoms with Crippen molar-refractivity contribution in [2.45, 2.75) is 127 Å². The fourth-order valence-corrected chi connectivity index (χ4v) is 6.26. The van der Waals surface area contributed by atoms with Crippen LogP contribution >= 0.6 is 0 Å². The first kappa shape index (κ1) is 61.0. The van der Waals surface area contributed by atoms with E-state index in [0.717, 1.165) is 0 Å². The second kappa shape index (κ2) is 31.2. The standard InChI is InChI=1S/C42H68N12O16/c1-4-20(2)33(54-36(63)24(7-5-6-14-43)47-38(65)27(16-32(46)60)49-34(61)21(3)44)41(68)52-29(18-56)39(66)50-26(15-22-8-10-23(58)11-9-22)37(64)48-25(12-13-31(45)59)35(62)51-28(17-55)40(67)53-30(19-57)42(69)70/h8-11,20-21,24-30,33,55-58H,4-7,12-19,43-44H2,1-3H3,(H2,45,59)(H2,46,60)(H,47,65)(H,48,64)(H,49,61)(H,50,66)(H,51,62)(H,52,68)(H,53,67)(H,54,63)(H,69,70)/t20-,21+,24+,25+,26+,27+,28+,29+,30+,33+/m1/s1. The summed E-state index contributed by atoms with van der Waals surface area (Å²) in [6.07, 6.45) is -1.11. The molecule has 0 saturated heterocycles. The molecule has 1 aromatic rings. The molecule has 1 rings (SSSR count). The molecule has 0 unspecified atom stereocenters. The molecule has 10 atom stereocenters. The van der Waals surface area contributed by atoms with Gasteiger partial charge in [0.25, 0.3) is 0 Å². The topological polar surface area (TPSA) is 489 Å². The van der Waals surface area contributed by atoms with Crippen molar-refractivity contribution >= 4 is 65.0 Å². The van der Waals surface area contributed by atoms with Crippen LogP contribution in [0.15, 0.2) is 24.3 Å². The molecule has 0 aliphatic rings. The fraction of sp³-hybridized carbons (Fsp3) is 0.595. The van der Waals surface area contributed by atoms with Gasteiger partial charge in [0.15, 0.2) is 0 Å². The monoisotopic (exact) mass is 996 g/mol. The zero-order valence-electron chi connectivity index (χ0n) is 39.1. The van der Waals surface area contributed by atoms with Crippen molar-refractivity contribution < 1.29 is 78.3 Å². The summed E-state index contributed by atoms with van der Waals surface area (Å²) in [5.74, 6) is -12.7. The lowest BCUT2D eigenvalue weighted by Crippen LogP contribution is -2.62. The molecular formula is C42H68N12O16. The second-order valence-corrected chi connectivity index (χ2v) is 16.3. The third kappa shape index (κ3) is 21.5. The normalized spacial score (nSPS) is 15.3. The van der Waals surface area contributed by atoms with Crippen molar-refractivity contribution in [1.29, 1.82) is 0 Å². The summed E-state index contributed by atoms with van der Waals surface area (Å²) in [5, 5.41) is 66.9. The van der Waals surface area contributed by atoms with Gasteiger partial charge in [-0.2, -0.15) is 0 Å². The third-order valence-corrected chi connectivity index (χ3v) is 10.6. The van der Waals surface area contributed by atoms with Gasteiger partial charge < -0.3 is 91.0 Å². The lowest BCUT2D eigenvalue weighted by atomic mass is 9.97. The Balaban J connectivity index is 3.50. The summed E-state index contributed by atoms with van der Waals surface area (Å²) in [7, 11) is 0. The number of nitrogens with one attached hydrogen (secondary N) is 8. The molecule has 0 spiro atoms. The first-order chi connectivity index (χ1) is 32.9. The van der Waals surface area contributed by atoms with E-state index in [0.29, 0.717) is 18.4 Å². The van der Waals surface area contributed by atoms with Crippen molar-refractivity contribution in [2.75, 3.05) is 26.4 Å². The lowest BCUT2D eigenvalue weighted by molar-refractivity contribution is -0.143. The van der Waals surface area contributed by atoms with Crippen LogP contribution in [0.3, 0.4) is 0 Å². The zero-order chi connectivity index (χ0) is 53.2. The summed E-state index contributed by atoms with van der Waals surface area (Å²) < 4.78 is 0. The Kier molecular flexibility index (Phi) is 27.2. The maximum absolute atomic E-state index is 14.0. The van der Waals surface area contributed by atoms with Gasteiger partial charge in [-0.3, -0.25) is 47.9 Å². The number of nitrogens with two attached hydrogens (primary N) is 4. The summed E-state index contributed by atoms with van der Waals surface area (Å²) >= 11 is 0. The maximum atomic E-state index is 14.0. The molecule has 28 nitrogen and oxygen atoms in total. The van der Waals surface area contributed by atoms with Crippen molar-refractivity contribution in [2.24, 2.45) is 28.9 Å². The molecule has 0 saturated carbocycles. The average molecular weight is 997 g/mol. The van der Waals surface area contributed by atoms with E-state index in [1.807, 2.05) is 5.32 Å². The zero-order valence-corrected chi connectivity index (χ0v) is 39.1. The van der Waals surface area contributed by atoms with E-state index in [1.54, 1.807) is 13.8 Å². The summed E-state index contributed by atoms with van der Waals surface area (Å²) in [4.78, 5) is 142. The first-order valence-electron chi connectivity index (χ1n) is 22.2. The van der Waals surface area contributed by atoms with Crippen LogP contribution in [0.25, 0.3) is 0 Å². The molecule has 28 heteroatoms. The number of carbonyl (C=O) groups is 11. The molecule has 21 N–H and O–H groups in total. The molecule has 0 aliphatic heterocycles. The molecule has 0 radical (unpaired) electrons. The Hall–Kier alpha value is -7.01. The van der Waals surface area contributed by atoms with E-state index in [-0.39, 0.29) is 31.6 Å². The minimum atomic E-state index is -1.83. The van der Waals surface area contributed by atoms with Crippen LogP contribution in [0.5, 0.6) is 5.75 Å². The van der Waals surface area contributed by atoms with Crippen LogP contribution in [0, 0.1) is 5.92 Å². The predicted molar refractivity (Wildman–Crippen MR) is 244 cm³/mol. The van der Waals surface area contributed by atoms with Gasteiger partial charge in [0, 0.05) is 12.8 Å². The number of phenolic OH excluding ortho intramolecular Hbond substituents is 1.